The molecule has 1 aliphatic heterocycles. The standard InChI is InChI=1S/C21H29FN4O/c1-14(27)20-9-18(22)6-7-19(20)21-17(13-25(2)26(21)3)8-16(10-23)12-24-11-15-4-5-15/h6-7,9-10,12-15,21,27H,4-5,8,11,23H2,1-3H3/t14-,21?/m1/s1. The van der Waals surface area contributed by atoms with Crippen LogP contribution in [0.15, 0.2) is 46.7 Å². The van der Waals surface area contributed by atoms with Crippen LogP contribution < -0.4 is 5.73 Å². The van der Waals surface area contributed by atoms with E-state index in [-0.39, 0.29) is 11.9 Å². The lowest BCUT2D eigenvalue weighted by atomic mass is 9.90. The van der Waals surface area contributed by atoms with Crippen LogP contribution in [0.4, 0.5) is 4.39 Å². The minimum atomic E-state index is -0.749. The van der Waals surface area contributed by atoms with E-state index in [0.717, 1.165) is 29.2 Å². The van der Waals surface area contributed by atoms with Crippen molar-refractivity contribution in [1.82, 2.24) is 10.0 Å². The summed E-state index contributed by atoms with van der Waals surface area (Å²) in [6, 6.07) is 4.54. The Balaban J connectivity index is 1.85. The zero-order valence-electron chi connectivity index (χ0n) is 16.3. The van der Waals surface area contributed by atoms with Crippen LogP contribution in [0.1, 0.15) is 49.5 Å². The van der Waals surface area contributed by atoms with Gasteiger partial charge in [0.1, 0.15) is 5.82 Å². The molecule has 0 radical (unpaired) electrons. The smallest absolute Gasteiger partial charge is 0.123 e. The minimum Gasteiger partial charge on any atom is -0.404 e. The van der Waals surface area contributed by atoms with Gasteiger partial charge in [-0.15, -0.1) is 0 Å². The number of aliphatic hydroxyl groups excluding tert-OH is 1. The van der Waals surface area contributed by atoms with Crippen LogP contribution in [0.3, 0.4) is 0 Å². The first kappa shape index (κ1) is 19.6. The lowest BCUT2D eigenvalue weighted by Gasteiger charge is -2.30. The first-order chi connectivity index (χ1) is 12.9. The molecule has 3 N–H and O–H groups in total. The van der Waals surface area contributed by atoms with Crippen molar-refractivity contribution in [1.29, 1.82) is 0 Å². The Bertz CT molecular complexity index is 767. The van der Waals surface area contributed by atoms with Crippen LogP contribution in [0.25, 0.3) is 0 Å². The average Bonchev–Trinajstić information content (AvgIpc) is 3.41. The fourth-order valence-electron chi connectivity index (χ4n) is 3.53. The van der Waals surface area contributed by atoms with Gasteiger partial charge < -0.3 is 15.8 Å². The summed E-state index contributed by atoms with van der Waals surface area (Å²) < 4.78 is 13.7. The number of hydrogen-bond acceptors (Lipinski definition) is 5. The first-order valence-corrected chi connectivity index (χ1v) is 9.45. The summed E-state index contributed by atoms with van der Waals surface area (Å²) in [5.74, 6) is 0.396. The van der Waals surface area contributed by atoms with Crippen molar-refractivity contribution in [2.24, 2.45) is 16.6 Å². The monoisotopic (exact) mass is 372 g/mol. The van der Waals surface area contributed by atoms with Gasteiger partial charge in [-0.3, -0.25) is 4.99 Å². The molecule has 1 aromatic rings. The molecule has 5 nitrogen and oxygen atoms in total. The van der Waals surface area contributed by atoms with E-state index in [9.17, 15) is 9.50 Å². The van der Waals surface area contributed by atoms with Crippen LogP contribution in [-0.2, 0) is 0 Å². The van der Waals surface area contributed by atoms with Crippen molar-refractivity contribution in [3.8, 4) is 0 Å². The summed E-state index contributed by atoms with van der Waals surface area (Å²) >= 11 is 0. The largest absolute Gasteiger partial charge is 0.404 e. The molecule has 146 valence electrons. The summed E-state index contributed by atoms with van der Waals surface area (Å²) in [6.45, 7) is 2.53. The number of aliphatic hydroxyl groups is 1. The van der Waals surface area contributed by atoms with Gasteiger partial charge in [0, 0.05) is 33.1 Å². The Labute approximate surface area is 160 Å². The molecule has 1 heterocycles. The van der Waals surface area contributed by atoms with Crippen molar-refractivity contribution >= 4 is 6.21 Å². The molecule has 6 heteroatoms. The van der Waals surface area contributed by atoms with E-state index in [1.165, 1.54) is 25.0 Å². The molecule has 27 heavy (non-hydrogen) atoms. The quantitative estimate of drug-likeness (QED) is 0.721. The molecule has 0 amide bonds. The van der Waals surface area contributed by atoms with Crippen molar-refractivity contribution in [2.45, 2.75) is 38.3 Å². The third kappa shape index (κ3) is 4.57. The highest BCUT2D eigenvalue weighted by molar-refractivity contribution is 5.79. The van der Waals surface area contributed by atoms with Crippen molar-refractivity contribution in [2.75, 3.05) is 20.6 Å². The number of hydrogen-bond donors (Lipinski definition) is 2. The SMILES string of the molecule is C[C@@H](O)c1cc(F)ccc1C1C(CC(C=NCC2CC2)=CN)=CN(C)N1C. The molecular weight excluding hydrogens is 343 g/mol. The van der Waals surface area contributed by atoms with E-state index < -0.39 is 6.10 Å². The van der Waals surface area contributed by atoms with Gasteiger partial charge in [-0.1, -0.05) is 6.07 Å². The fourth-order valence-corrected chi connectivity index (χ4v) is 3.53. The van der Waals surface area contributed by atoms with Crippen molar-refractivity contribution in [3.05, 3.63) is 58.7 Å². The highest BCUT2D eigenvalue weighted by Crippen LogP contribution is 2.40. The van der Waals surface area contributed by atoms with Gasteiger partial charge in [0.2, 0.25) is 0 Å². The van der Waals surface area contributed by atoms with Gasteiger partial charge in [0.15, 0.2) is 0 Å². The van der Waals surface area contributed by atoms with Gasteiger partial charge in [0.25, 0.3) is 0 Å². The Morgan fingerprint density at radius 2 is 2.15 bits per heavy atom. The topological polar surface area (TPSA) is 65.1 Å². The van der Waals surface area contributed by atoms with Crippen LogP contribution in [0, 0.1) is 11.7 Å². The Hall–Kier alpha value is -2.18. The second-order valence-electron chi connectivity index (χ2n) is 7.56. The summed E-state index contributed by atoms with van der Waals surface area (Å²) in [5, 5.41) is 14.2. The molecule has 1 aromatic carbocycles. The summed E-state index contributed by atoms with van der Waals surface area (Å²) in [7, 11) is 3.95. The molecule has 0 bridgehead atoms. The third-order valence-electron chi connectivity index (χ3n) is 5.31. The van der Waals surface area contributed by atoms with E-state index in [1.54, 1.807) is 19.2 Å². The highest BCUT2D eigenvalue weighted by Gasteiger charge is 2.32. The number of likely N-dealkylation sites (N-methyl/N-ethyl adjacent to an activating group) is 1. The molecule has 0 aromatic heterocycles. The molecule has 0 saturated heterocycles. The second kappa shape index (κ2) is 8.23. The van der Waals surface area contributed by atoms with Crippen LogP contribution >= 0.6 is 0 Å². The molecule has 3 rings (SSSR count). The number of nitrogens with zero attached hydrogens (tertiary/aromatic N) is 3. The fraction of sp³-hybridized carbons (Fsp3) is 0.476. The molecule has 0 spiro atoms. The Kier molecular flexibility index (Phi) is 5.97. The number of benzene rings is 1. The average molecular weight is 372 g/mol. The van der Waals surface area contributed by atoms with E-state index in [4.69, 9.17) is 5.73 Å². The maximum absolute atomic E-state index is 13.7. The lowest BCUT2D eigenvalue weighted by molar-refractivity contribution is 0.0697. The number of aliphatic imine (C=N–C) groups is 1. The van der Waals surface area contributed by atoms with E-state index in [1.807, 2.05) is 25.3 Å². The predicted octanol–water partition coefficient (Wildman–Crippen LogP) is 3.31. The summed E-state index contributed by atoms with van der Waals surface area (Å²) in [5.41, 5.74) is 9.42. The second-order valence-corrected chi connectivity index (χ2v) is 7.56. The number of hydrazine groups is 1. The van der Waals surface area contributed by atoms with E-state index in [2.05, 4.69) is 16.2 Å². The maximum Gasteiger partial charge on any atom is 0.123 e. The van der Waals surface area contributed by atoms with E-state index in [0.29, 0.717) is 12.0 Å². The molecule has 2 aliphatic rings. The Morgan fingerprint density at radius 3 is 2.78 bits per heavy atom. The van der Waals surface area contributed by atoms with E-state index >= 15 is 0 Å². The third-order valence-corrected chi connectivity index (χ3v) is 5.31. The van der Waals surface area contributed by atoms with Gasteiger partial charge in [-0.05, 0) is 72.7 Å². The zero-order chi connectivity index (χ0) is 19.6. The molecule has 2 atom stereocenters. The molecule has 1 saturated carbocycles. The minimum absolute atomic E-state index is 0.0908. The number of rotatable bonds is 7. The highest BCUT2D eigenvalue weighted by atomic mass is 19.1. The lowest BCUT2D eigenvalue weighted by Crippen LogP contribution is -2.31. The zero-order valence-corrected chi connectivity index (χ0v) is 16.3. The molecule has 1 aliphatic carbocycles. The number of halogens is 1. The summed E-state index contributed by atoms with van der Waals surface area (Å²) in [6.07, 6.45) is 7.99. The Morgan fingerprint density at radius 1 is 1.41 bits per heavy atom. The van der Waals surface area contributed by atoms with Gasteiger partial charge in [-0.2, -0.15) is 0 Å². The van der Waals surface area contributed by atoms with Crippen LogP contribution in [0.2, 0.25) is 0 Å². The molecular formula is C21H29FN4O. The van der Waals surface area contributed by atoms with Gasteiger partial charge in [-0.25, -0.2) is 9.40 Å². The normalized spacial score (nSPS) is 22.6. The summed E-state index contributed by atoms with van der Waals surface area (Å²) in [4.78, 5) is 4.52. The van der Waals surface area contributed by atoms with Crippen LogP contribution in [0.5, 0.6) is 0 Å². The van der Waals surface area contributed by atoms with Crippen molar-refractivity contribution < 1.29 is 9.50 Å². The number of allylic oxidation sites excluding steroid dienone is 1. The molecule has 1 fully saturated rings. The van der Waals surface area contributed by atoms with Crippen LogP contribution in [-0.4, -0.2) is 42.0 Å². The van der Waals surface area contributed by atoms with Crippen molar-refractivity contribution in [3.63, 3.8) is 0 Å². The molecule has 1 unspecified atom stereocenters. The predicted molar refractivity (Wildman–Crippen MR) is 106 cm³/mol. The first-order valence-electron chi connectivity index (χ1n) is 9.45. The maximum atomic E-state index is 13.7. The van der Waals surface area contributed by atoms with Gasteiger partial charge >= 0.3 is 0 Å². The van der Waals surface area contributed by atoms with Gasteiger partial charge in [0.05, 0.1) is 12.1 Å². The number of nitrogens with two attached hydrogens (primary N) is 1.